The van der Waals surface area contributed by atoms with Gasteiger partial charge in [-0.2, -0.15) is 5.10 Å². The van der Waals surface area contributed by atoms with E-state index in [9.17, 15) is 4.79 Å². The van der Waals surface area contributed by atoms with Crippen molar-refractivity contribution in [1.82, 2.24) is 30.1 Å². The Hall–Kier alpha value is -4.86. The van der Waals surface area contributed by atoms with Crippen molar-refractivity contribution >= 4 is 34.0 Å². The summed E-state index contributed by atoms with van der Waals surface area (Å²) in [6, 6.07) is 7.84. The molecule has 0 aliphatic carbocycles. The largest absolute Gasteiger partial charge is 0.356 e. The number of aromatic nitrogens is 6. The van der Waals surface area contributed by atoms with Crippen molar-refractivity contribution in [3.63, 3.8) is 0 Å². The minimum absolute atomic E-state index is 0.0596. The number of H-pyrrole nitrogens is 1. The average molecular weight is 492 g/mol. The van der Waals surface area contributed by atoms with E-state index in [0.29, 0.717) is 11.3 Å². The van der Waals surface area contributed by atoms with Crippen molar-refractivity contribution < 1.29 is 4.79 Å². The van der Waals surface area contributed by atoms with E-state index in [1.54, 1.807) is 31.0 Å². The third-order valence-electron chi connectivity index (χ3n) is 6.43. The molecule has 0 fully saturated rings. The Morgan fingerprint density at radius 1 is 0.946 bits per heavy atom. The molecular weight excluding hydrogens is 466 g/mol. The predicted molar refractivity (Wildman–Crippen MR) is 143 cm³/mol. The molecule has 10 heteroatoms. The molecule has 184 valence electrons. The Balaban J connectivity index is 1.36. The normalized spacial score (nSPS) is 16.3. The topological polar surface area (TPSA) is 133 Å². The van der Waals surface area contributed by atoms with Crippen LogP contribution in [0.5, 0.6) is 0 Å². The van der Waals surface area contributed by atoms with Gasteiger partial charge >= 0.3 is 0 Å². The Labute approximate surface area is 213 Å². The number of aromatic amines is 1. The fourth-order valence-electron chi connectivity index (χ4n) is 4.50. The van der Waals surface area contributed by atoms with E-state index < -0.39 is 5.66 Å². The smallest absolute Gasteiger partial charge is 0.226 e. The number of nitrogens with one attached hydrogen (secondary N) is 4. The fraction of sp³-hybridized carbons (Fsp3) is 0.185. The second kappa shape index (κ2) is 8.66. The summed E-state index contributed by atoms with van der Waals surface area (Å²) in [4.78, 5) is 29.8. The van der Waals surface area contributed by atoms with Crippen molar-refractivity contribution in [2.24, 2.45) is 5.92 Å². The number of rotatable bonds is 5. The number of hydrogen-bond donors (Lipinski definition) is 4. The number of hydrogen-bond acceptors (Lipinski definition) is 8. The first kappa shape index (κ1) is 22.6. The summed E-state index contributed by atoms with van der Waals surface area (Å²) in [7, 11) is 0. The summed E-state index contributed by atoms with van der Waals surface area (Å²) < 4.78 is 0. The second-order valence-corrected chi connectivity index (χ2v) is 9.52. The lowest BCUT2D eigenvalue weighted by molar-refractivity contribution is -0.118. The van der Waals surface area contributed by atoms with Gasteiger partial charge in [0.1, 0.15) is 5.69 Å². The lowest BCUT2D eigenvalue weighted by atomic mass is 10.0. The van der Waals surface area contributed by atoms with E-state index in [-0.39, 0.29) is 11.8 Å². The van der Waals surface area contributed by atoms with Gasteiger partial charge in [-0.05, 0) is 25.1 Å². The number of amides is 1. The molecule has 10 nitrogen and oxygen atoms in total. The first-order valence-corrected chi connectivity index (χ1v) is 12.0. The Kier molecular flexibility index (Phi) is 5.29. The molecule has 1 aliphatic rings. The summed E-state index contributed by atoms with van der Waals surface area (Å²) in [5.41, 5.74) is 6.79. The highest BCUT2D eigenvalue weighted by molar-refractivity contribution is 5.94. The van der Waals surface area contributed by atoms with Crippen LogP contribution in [0, 0.1) is 5.92 Å². The quantitative estimate of drug-likeness (QED) is 0.276. The fourth-order valence-corrected chi connectivity index (χ4v) is 4.50. The van der Waals surface area contributed by atoms with Gasteiger partial charge in [0.15, 0.2) is 11.3 Å². The van der Waals surface area contributed by atoms with E-state index in [1.165, 1.54) is 0 Å². The number of anilines is 3. The van der Waals surface area contributed by atoms with E-state index >= 15 is 0 Å². The Bertz CT molecular complexity index is 1630. The van der Waals surface area contributed by atoms with Gasteiger partial charge in [0.05, 0.1) is 29.5 Å². The molecule has 5 aromatic rings. The highest BCUT2D eigenvalue weighted by Gasteiger charge is 2.38. The van der Waals surface area contributed by atoms with Gasteiger partial charge in [-0.3, -0.25) is 24.8 Å². The molecule has 1 atom stereocenters. The van der Waals surface area contributed by atoms with E-state index in [2.05, 4.69) is 46.1 Å². The maximum absolute atomic E-state index is 12.1. The van der Waals surface area contributed by atoms with Gasteiger partial charge < -0.3 is 16.0 Å². The molecule has 37 heavy (non-hydrogen) atoms. The predicted octanol–water partition coefficient (Wildman–Crippen LogP) is 4.78. The first-order valence-electron chi connectivity index (χ1n) is 12.0. The standard InChI is InChI=1S/C27H25N9O/c1-15(2)26(37)32-19-7-17(10-29-12-19)18-8-20-24(35-36-25(20)31-11-18)27(3)33-22-14-30-13-21(23(22)34-27)16-5-4-6-28-9-16/h4-15,33-34H,1-3H3,(H,32,37)(H,31,35,36). The third-order valence-corrected chi connectivity index (χ3v) is 6.43. The summed E-state index contributed by atoms with van der Waals surface area (Å²) in [5, 5.41) is 18.6. The van der Waals surface area contributed by atoms with Crippen LogP contribution in [0.15, 0.2) is 67.6 Å². The summed E-state index contributed by atoms with van der Waals surface area (Å²) in [5.74, 6) is -0.184. The summed E-state index contributed by atoms with van der Waals surface area (Å²) in [6.45, 7) is 5.74. The third kappa shape index (κ3) is 4.02. The van der Waals surface area contributed by atoms with Crippen LogP contribution in [0.25, 0.3) is 33.3 Å². The molecule has 0 spiro atoms. The summed E-state index contributed by atoms with van der Waals surface area (Å²) in [6.07, 6.45) is 12.4. The molecule has 1 aliphatic heterocycles. The molecule has 1 amide bonds. The average Bonchev–Trinajstić information content (AvgIpc) is 3.50. The highest BCUT2D eigenvalue weighted by Crippen LogP contribution is 2.45. The van der Waals surface area contributed by atoms with Crippen LogP contribution in [0.1, 0.15) is 26.5 Å². The number of fused-ring (bicyclic) bond motifs is 2. The molecule has 1 unspecified atom stereocenters. The summed E-state index contributed by atoms with van der Waals surface area (Å²) >= 11 is 0. The number of pyridine rings is 4. The van der Waals surface area contributed by atoms with Crippen LogP contribution in [-0.4, -0.2) is 36.0 Å². The van der Waals surface area contributed by atoms with Crippen LogP contribution in [0.3, 0.4) is 0 Å². The van der Waals surface area contributed by atoms with Crippen LogP contribution in [0.2, 0.25) is 0 Å². The van der Waals surface area contributed by atoms with Gasteiger partial charge in [-0.25, -0.2) is 4.98 Å². The minimum Gasteiger partial charge on any atom is -0.356 e. The number of carbonyl (C=O) groups excluding carboxylic acids is 1. The maximum atomic E-state index is 12.1. The Morgan fingerprint density at radius 3 is 2.57 bits per heavy atom. The van der Waals surface area contributed by atoms with Crippen molar-refractivity contribution in [3.05, 3.63) is 73.3 Å². The molecule has 6 heterocycles. The van der Waals surface area contributed by atoms with Crippen molar-refractivity contribution in [1.29, 1.82) is 0 Å². The van der Waals surface area contributed by atoms with Gasteiger partial charge in [0, 0.05) is 64.5 Å². The van der Waals surface area contributed by atoms with E-state index in [1.807, 2.05) is 57.4 Å². The molecule has 4 N–H and O–H groups in total. The van der Waals surface area contributed by atoms with Gasteiger partial charge in [-0.1, -0.05) is 19.9 Å². The molecule has 6 rings (SSSR count). The van der Waals surface area contributed by atoms with Crippen LogP contribution in [-0.2, 0) is 10.5 Å². The zero-order valence-corrected chi connectivity index (χ0v) is 20.6. The second-order valence-electron chi connectivity index (χ2n) is 9.52. The van der Waals surface area contributed by atoms with Gasteiger partial charge in [0.2, 0.25) is 5.91 Å². The van der Waals surface area contributed by atoms with Crippen molar-refractivity contribution in [2.75, 3.05) is 16.0 Å². The van der Waals surface area contributed by atoms with Crippen LogP contribution < -0.4 is 16.0 Å². The van der Waals surface area contributed by atoms with E-state index in [0.717, 1.165) is 44.7 Å². The molecule has 0 saturated heterocycles. The van der Waals surface area contributed by atoms with E-state index in [4.69, 9.17) is 0 Å². The molecule has 5 aromatic heterocycles. The highest BCUT2D eigenvalue weighted by atomic mass is 16.1. The zero-order valence-electron chi connectivity index (χ0n) is 20.6. The molecule has 0 saturated carbocycles. The SMILES string of the molecule is CC(C)C(=O)Nc1cncc(-c2cnc3[nH]nc(C4(C)Nc5cncc(-c6cccnc6)c5N4)c3c2)c1. The minimum atomic E-state index is -0.716. The lowest BCUT2D eigenvalue weighted by Gasteiger charge is -2.24. The molecule has 0 radical (unpaired) electrons. The zero-order chi connectivity index (χ0) is 25.6. The van der Waals surface area contributed by atoms with Gasteiger partial charge in [-0.15, -0.1) is 0 Å². The molecular formula is C27H25N9O. The maximum Gasteiger partial charge on any atom is 0.226 e. The van der Waals surface area contributed by atoms with Crippen LogP contribution >= 0.6 is 0 Å². The molecule has 0 aromatic carbocycles. The lowest BCUT2D eigenvalue weighted by Crippen LogP contribution is -2.35. The molecule has 0 bridgehead atoms. The first-order chi connectivity index (χ1) is 17.9. The van der Waals surface area contributed by atoms with Crippen molar-refractivity contribution in [3.8, 4) is 22.3 Å². The number of nitrogens with zero attached hydrogens (tertiary/aromatic N) is 5. The monoisotopic (exact) mass is 491 g/mol. The number of carbonyl (C=O) groups is 1. The van der Waals surface area contributed by atoms with Gasteiger partial charge in [0.25, 0.3) is 0 Å². The van der Waals surface area contributed by atoms with Crippen molar-refractivity contribution in [2.45, 2.75) is 26.4 Å². The van der Waals surface area contributed by atoms with Crippen LogP contribution in [0.4, 0.5) is 17.1 Å². The Morgan fingerprint density at radius 2 is 1.76 bits per heavy atom.